The minimum atomic E-state index is -3.15. The second-order valence-electron chi connectivity index (χ2n) is 9.20. The Morgan fingerprint density at radius 2 is 1.65 bits per heavy atom. The van der Waals surface area contributed by atoms with Gasteiger partial charge in [0, 0.05) is 24.7 Å². The van der Waals surface area contributed by atoms with Crippen LogP contribution in [-0.2, 0) is 16.9 Å². The van der Waals surface area contributed by atoms with E-state index in [1.54, 1.807) is 37.1 Å². The van der Waals surface area contributed by atoms with Crippen molar-refractivity contribution < 1.29 is 13.5 Å². The number of alkyl halides is 1. The number of nitrogens with zero attached hydrogens (tertiary/aromatic N) is 3. The van der Waals surface area contributed by atoms with Crippen molar-refractivity contribution in [1.82, 2.24) is 4.57 Å². The Bertz CT molecular complexity index is 1340. The fraction of sp³-hybridized carbons (Fsp3) is 0.393. The number of halogens is 2. The van der Waals surface area contributed by atoms with Gasteiger partial charge >= 0.3 is 0 Å². The number of aliphatic hydroxyl groups is 1. The van der Waals surface area contributed by atoms with Crippen LogP contribution in [-0.4, -0.2) is 47.1 Å². The van der Waals surface area contributed by atoms with Gasteiger partial charge in [0.2, 0.25) is 0 Å². The molecule has 37 heavy (non-hydrogen) atoms. The van der Waals surface area contributed by atoms with Crippen LogP contribution >= 0.6 is 23.2 Å². The summed E-state index contributed by atoms with van der Waals surface area (Å²) in [7, 11) is -1.18. The van der Waals surface area contributed by atoms with Crippen molar-refractivity contribution in [2.24, 2.45) is 12.1 Å². The summed E-state index contributed by atoms with van der Waals surface area (Å²) >= 11 is 12.5. The van der Waals surface area contributed by atoms with Gasteiger partial charge in [-0.05, 0) is 69.7 Å². The average molecular weight is 567 g/mol. The third-order valence-corrected chi connectivity index (χ3v) is 7.94. The lowest BCUT2D eigenvalue weighted by molar-refractivity contribution is 0.152. The normalized spacial score (nSPS) is 17.4. The maximum atomic E-state index is 11.5. The van der Waals surface area contributed by atoms with Crippen LogP contribution in [0.5, 0.6) is 0 Å². The van der Waals surface area contributed by atoms with Crippen LogP contribution in [0, 0.1) is 6.92 Å². The second kappa shape index (κ2) is 12.5. The van der Waals surface area contributed by atoms with Crippen LogP contribution < -0.4 is 5.01 Å². The number of benzene rings is 2. The molecule has 0 fully saturated rings. The average Bonchev–Trinajstić information content (AvgIpc) is 3.34. The van der Waals surface area contributed by atoms with Crippen molar-refractivity contribution in [2.45, 2.75) is 63.5 Å². The highest BCUT2D eigenvalue weighted by atomic mass is 35.5. The number of hydrazone groups is 1. The highest BCUT2D eigenvalue weighted by Gasteiger charge is 2.40. The summed E-state index contributed by atoms with van der Waals surface area (Å²) in [4.78, 5) is 0.355. The third-order valence-electron chi connectivity index (χ3n) is 5.94. The topological polar surface area (TPSA) is 74.9 Å². The Kier molecular flexibility index (Phi) is 10.4. The van der Waals surface area contributed by atoms with Crippen LogP contribution in [0.4, 0.5) is 5.69 Å². The molecular formula is C28H37Cl2N3O3S. The number of hydrogen-bond acceptors (Lipinski definition) is 5. The van der Waals surface area contributed by atoms with E-state index in [4.69, 9.17) is 23.2 Å². The number of hydrogen-bond donors (Lipinski definition) is 1. The van der Waals surface area contributed by atoms with Gasteiger partial charge in [0.05, 0.1) is 32.7 Å². The zero-order chi connectivity index (χ0) is 28.1. The second-order valence-corrected chi connectivity index (χ2v) is 12.1. The molecular weight excluding hydrogens is 529 g/mol. The first-order valence-electron chi connectivity index (χ1n) is 12.1. The first-order valence-corrected chi connectivity index (χ1v) is 14.8. The summed E-state index contributed by atoms with van der Waals surface area (Å²) in [6.45, 7) is 11.3. The lowest BCUT2D eigenvalue weighted by atomic mass is 9.98. The molecule has 4 rings (SSSR count). The van der Waals surface area contributed by atoms with Crippen LogP contribution in [0.25, 0.3) is 11.3 Å². The van der Waals surface area contributed by atoms with Gasteiger partial charge < -0.3 is 9.67 Å². The highest BCUT2D eigenvalue weighted by Crippen LogP contribution is 2.34. The monoisotopic (exact) mass is 565 g/mol. The predicted octanol–water partition coefficient (Wildman–Crippen LogP) is 6.71. The molecule has 6 nitrogen and oxygen atoms in total. The number of anilines is 1. The van der Waals surface area contributed by atoms with E-state index in [2.05, 4.69) is 5.10 Å². The van der Waals surface area contributed by atoms with Gasteiger partial charge in [-0.15, -0.1) is 11.6 Å². The molecule has 1 N–H and O–H groups in total. The first-order chi connectivity index (χ1) is 17.2. The van der Waals surface area contributed by atoms with Crippen molar-refractivity contribution >= 4 is 44.4 Å². The minimum absolute atomic E-state index is 0.0482. The van der Waals surface area contributed by atoms with Crippen molar-refractivity contribution in [2.75, 3.05) is 11.3 Å². The molecule has 202 valence electrons. The largest absolute Gasteiger partial charge is 0.384 e. The van der Waals surface area contributed by atoms with Crippen molar-refractivity contribution in [3.8, 4) is 11.3 Å². The molecule has 1 aromatic heterocycles. The fourth-order valence-corrected chi connectivity index (χ4v) is 5.08. The molecule has 0 amide bonds. The van der Waals surface area contributed by atoms with E-state index in [9.17, 15) is 13.5 Å². The van der Waals surface area contributed by atoms with Gasteiger partial charge in [-0.25, -0.2) is 8.42 Å². The summed E-state index contributed by atoms with van der Waals surface area (Å²) in [5, 5.41) is 16.6. The maximum Gasteiger partial charge on any atom is 0.175 e. The van der Waals surface area contributed by atoms with Crippen molar-refractivity contribution in [3.63, 3.8) is 0 Å². The first kappa shape index (κ1) is 30.9. The smallest absolute Gasteiger partial charge is 0.175 e. The Balaban J connectivity index is 0.000000244. The van der Waals surface area contributed by atoms with Crippen LogP contribution in [0.2, 0.25) is 5.02 Å². The molecule has 0 saturated heterocycles. The van der Waals surface area contributed by atoms with E-state index >= 15 is 0 Å². The standard InChI is InChI=1S/C13H16Cl2N2O.C13H15NO2S.C2H6/c1-8-11(15)12(13(2,3)18)16-17(8)10-7-5-4-6-9(10)14;1-10-7-8-13(14(10)2)11-5-4-6-12(9-11)17(3,15)16;1-2/h4-8,11,18H,1-3H3;4-9H,1-3H3;1-2H3. The van der Waals surface area contributed by atoms with Crippen LogP contribution in [0.15, 0.2) is 70.7 Å². The Hall–Kier alpha value is -2.32. The molecule has 0 radical (unpaired) electrons. The quantitative estimate of drug-likeness (QED) is 0.356. The van der Waals surface area contributed by atoms with Gasteiger partial charge in [-0.3, -0.25) is 5.01 Å². The van der Waals surface area contributed by atoms with Crippen molar-refractivity contribution in [3.05, 3.63) is 71.4 Å². The van der Waals surface area contributed by atoms with Gasteiger partial charge in [-0.1, -0.05) is 49.7 Å². The predicted molar refractivity (Wildman–Crippen MR) is 157 cm³/mol. The molecule has 1 aliphatic rings. The SMILES string of the molecule is CC.CC1C(Cl)C(C(C)(C)O)=NN1c1ccccc1Cl.Cc1ccc(-c2cccc(S(C)(=O)=O)c2)n1C. The third kappa shape index (κ3) is 7.38. The number of para-hydroxylation sites is 1. The Labute approximate surface area is 231 Å². The van der Waals surface area contributed by atoms with E-state index < -0.39 is 15.4 Å². The molecule has 0 bridgehead atoms. The number of aromatic nitrogens is 1. The molecule has 2 heterocycles. The summed E-state index contributed by atoms with van der Waals surface area (Å²) in [6, 6.07) is 18.5. The lowest BCUT2D eigenvalue weighted by Gasteiger charge is -2.23. The summed E-state index contributed by atoms with van der Waals surface area (Å²) < 4.78 is 25.0. The Morgan fingerprint density at radius 3 is 2.14 bits per heavy atom. The van der Waals surface area contributed by atoms with Crippen LogP contribution in [0.1, 0.15) is 40.3 Å². The number of aryl methyl sites for hydroxylation is 1. The number of rotatable bonds is 4. The summed E-state index contributed by atoms with van der Waals surface area (Å²) in [5.74, 6) is 0. The van der Waals surface area contributed by atoms with E-state index in [0.29, 0.717) is 15.6 Å². The van der Waals surface area contributed by atoms with E-state index in [0.717, 1.165) is 22.6 Å². The van der Waals surface area contributed by atoms with Gasteiger partial charge in [0.1, 0.15) is 5.60 Å². The van der Waals surface area contributed by atoms with E-state index in [1.165, 1.54) is 6.26 Å². The minimum Gasteiger partial charge on any atom is -0.384 e. The van der Waals surface area contributed by atoms with Gasteiger partial charge in [0.25, 0.3) is 0 Å². The number of sulfone groups is 1. The van der Waals surface area contributed by atoms with Crippen molar-refractivity contribution in [1.29, 1.82) is 0 Å². The molecule has 0 spiro atoms. The molecule has 3 aromatic rings. The maximum absolute atomic E-state index is 11.5. The van der Waals surface area contributed by atoms with Gasteiger partial charge in [0.15, 0.2) is 9.84 Å². The van der Waals surface area contributed by atoms with E-state index in [-0.39, 0.29) is 11.4 Å². The molecule has 2 aromatic carbocycles. The Morgan fingerprint density at radius 1 is 1.03 bits per heavy atom. The van der Waals surface area contributed by atoms with Gasteiger partial charge in [-0.2, -0.15) is 5.10 Å². The molecule has 0 saturated carbocycles. The zero-order valence-electron chi connectivity index (χ0n) is 22.7. The molecule has 9 heteroatoms. The molecule has 2 atom stereocenters. The van der Waals surface area contributed by atoms with E-state index in [1.807, 2.05) is 81.8 Å². The molecule has 2 unspecified atom stereocenters. The lowest BCUT2D eigenvalue weighted by Crippen LogP contribution is -2.39. The molecule has 1 aliphatic heterocycles. The summed E-state index contributed by atoms with van der Waals surface area (Å²) in [5.41, 5.74) is 3.42. The highest BCUT2D eigenvalue weighted by molar-refractivity contribution is 7.90. The van der Waals surface area contributed by atoms with Crippen LogP contribution in [0.3, 0.4) is 0 Å². The fourth-order valence-electron chi connectivity index (χ4n) is 3.77. The summed E-state index contributed by atoms with van der Waals surface area (Å²) in [6.07, 6.45) is 1.22. The molecule has 0 aliphatic carbocycles. The zero-order valence-corrected chi connectivity index (χ0v) is 25.0.